The number of nitrogens with one attached hydrogen (secondary N) is 3. The van der Waals surface area contributed by atoms with Gasteiger partial charge in [-0.1, -0.05) is 74.5 Å². The van der Waals surface area contributed by atoms with Gasteiger partial charge in [-0.05, 0) is 68.0 Å². The average Bonchev–Trinajstić information content (AvgIpc) is 3.06. The lowest BCUT2D eigenvalue weighted by Gasteiger charge is -2.34. The van der Waals surface area contributed by atoms with Crippen LogP contribution in [0.3, 0.4) is 0 Å². The average molecular weight is 665 g/mol. The van der Waals surface area contributed by atoms with Gasteiger partial charge in [-0.15, -0.1) is 0 Å². The van der Waals surface area contributed by atoms with Gasteiger partial charge in [-0.2, -0.15) is 0 Å². The fourth-order valence-corrected chi connectivity index (χ4v) is 5.95. The van der Waals surface area contributed by atoms with Crippen LogP contribution < -0.4 is 27.4 Å². The Hall–Kier alpha value is -4.29. The highest BCUT2D eigenvalue weighted by molar-refractivity contribution is 5.95. The topological polar surface area (TPSA) is 197 Å². The molecule has 1 fully saturated rings. The number of rotatable bonds is 18. The van der Waals surface area contributed by atoms with Crippen LogP contribution in [0.25, 0.3) is 0 Å². The van der Waals surface area contributed by atoms with Gasteiger partial charge in [-0.25, -0.2) is 0 Å². The molecule has 12 heteroatoms. The molecule has 0 saturated carbocycles. The predicted octanol–water partition coefficient (Wildman–Crippen LogP) is 1.75. The van der Waals surface area contributed by atoms with Crippen LogP contribution in [0.1, 0.15) is 63.5 Å². The third-order valence-corrected chi connectivity index (χ3v) is 8.59. The highest BCUT2D eigenvalue weighted by Crippen LogP contribution is 2.21. The molecule has 4 atom stereocenters. The van der Waals surface area contributed by atoms with Gasteiger partial charge in [0, 0.05) is 25.9 Å². The van der Waals surface area contributed by atoms with E-state index in [1.165, 1.54) is 0 Å². The Morgan fingerprint density at radius 1 is 0.792 bits per heavy atom. The fourth-order valence-electron chi connectivity index (χ4n) is 5.95. The molecule has 1 heterocycles. The van der Waals surface area contributed by atoms with Gasteiger partial charge < -0.3 is 37.4 Å². The second-order valence-corrected chi connectivity index (χ2v) is 13.1. The summed E-state index contributed by atoms with van der Waals surface area (Å²) >= 11 is 0. The van der Waals surface area contributed by atoms with E-state index in [1.54, 1.807) is 4.90 Å². The van der Waals surface area contributed by atoms with Crippen molar-refractivity contribution in [3.05, 3.63) is 71.8 Å². The number of aliphatic carboxylic acids is 1. The van der Waals surface area contributed by atoms with E-state index < -0.39 is 47.9 Å². The monoisotopic (exact) mass is 664 g/mol. The van der Waals surface area contributed by atoms with Gasteiger partial charge in [0.25, 0.3) is 0 Å². The Bertz CT molecular complexity index is 1330. The molecular weight excluding hydrogens is 612 g/mol. The number of piperidine rings is 1. The molecule has 0 radical (unpaired) electrons. The molecule has 8 N–H and O–H groups in total. The summed E-state index contributed by atoms with van der Waals surface area (Å²) < 4.78 is 0. The zero-order valence-corrected chi connectivity index (χ0v) is 28.1. The van der Waals surface area contributed by atoms with E-state index in [0.717, 1.165) is 11.1 Å². The Balaban J connectivity index is 1.73. The van der Waals surface area contributed by atoms with Crippen molar-refractivity contribution in [3.8, 4) is 0 Å². The Morgan fingerprint density at radius 3 is 1.85 bits per heavy atom. The molecule has 0 bridgehead atoms. The lowest BCUT2D eigenvalue weighted by atomic mass is 9.93. The third kappa shape index (κ3) is 12.7. The number of carboxylic acid groups (broad SMARTS) is 1. The van der Waals surface area contributed by atoms with Gasteiger partial charge in [0.15, 0.2) is 0 Å². The minimum atomic E-state index is -1.01. The van der Waals surface area contributed by atoms with Crippen molar-refractivity contribution in [2.45, 2.75) is 89.4 Å². The smallest absolute Gasteiger partial charge is 0.303 e. The molecule has 1 saturated heterocycles. The van der Waals surface area contributed by atoms with Crippen molar-refractivity contribution in [2.75, 3.05) is 19.6 Å². The lowest BCUT2D eigenvalue weighted by Crippen LogP contribution is -2.59. The summed E-state index contributed by atoms with van der Waals surface area (Å²) in [6.07, 6.45) is 2.82. The summed E-state index contributed by atoms with van der Waals surface area (Å²) in [5, 5.41) is 17.7. The normalized spacial score (nSPS) is 16.0. The minimum Gasteiger partial charge on any atom is -0.481 e. The summed E-state index contributed by atoms with van der Waals surface area (Å²) in [6, 6.07) is 14.9. The number of benzene rings is 2. The molecule has 48 heavy (non-hydrogen) atoms. The number of amides is 4. The van der Waals surface area contributed by atoms with Gasteiger partial charge in [0.2, 0.25) is 23.6 Å². The molecule has 0 aliphatic carbocycles. The number of nitrogens with zero attached hydrogens (tertiary/aromatic N) is 1. The van der Waals surface area contributed by atoms with Gasteiger partial charge in [0.05, 0.1) is 6.04 Å². The minimum absolute atomic E-state index is 0.00600. The highest BCUT2D eigenvalue weighted by Gasteiger charge is 2.33. The second kappa shape index (κ2) is 19.5. The molecule has 0 aromatic heterocycles. The van der Waals surface area contributed by atoms with E-state index in [4.69, 9.17) is 16.6 Å². The first-order chi connectivity index (χ1) is 23.0. The second-order valence-electron chi connectivity index (χ2n) is 13.1. The van der Waals surface area contributed by atoms with E-state index in [9.17, 15) is 24.0 Å². The largest absolute Gasteiger partial charge is 0.481 e. The van der Waals surface area contributed by atoms with E-state index >= 15 is 0 Å². The number of hydrogen-bond acceptors (Lipinski definition) is 7. The molecule has 0 spiro atoms. The van der Waals surface area contributed by atoms with E-state index in [2.05, 4.69) is 16.0 Å². The number of hydrogen-bond donors (Lipinski definition) is 6. The summed E-state index contributed by atoms with van der Waals surface area (Å²) in [6.45, 7) is 5.00. The number of carbonyl (C=O) groups excluding carboxylic acids is 4. The SMILES string of the molecule is CC(C)C[C@@H](NC(=O)[C@@H](Cc1ccccc1)NC(=O)[C@H](N)Cc1ccccc1)C(=O)N[C@H](CCCN)C(=O)N1CCC(CC(=O)O)CC1. The van der Waals surface area contributed by atoms with Crippen LogP contribution in [0.5, 0.6) is 0 Å². The van der Waals surface area contributed by atoms with Crippen LogP contribution in [0.2, 0.25) is 0 Å². The van der Waals surface area contributed by atoms with Crippen molar-refractivity contribution >= 4 is 29.6 Å². The number of carbonyl (C=O) groups is 5. The molecule has 2 aromatic carbocycles. The summed E-state index contributed by atoms with van der Waals surface area (Å²) in [5.74, 6) is -2.60. The quantitative estimate of drug-likeness (QED) is 0.139. The van der Waals surface area contributed by atoms with Crippen LogP contribution in [-0.2, 0) is 36.8 Å². The van der Waals surface area contributed by atoms with Gasteiger partial charge in [-0.3, -0.25) is 24.0 Å². The van der Waals surface area contributed by atoms with E-state index in [1.807, 2.05) is 74.5 Å². The lowest BCUT2D eigenvalue weighted by molar-refractivity contribution is -0.140. The van der Waals surface area contributed by atoms with Gasteiger partial charge >= 0.3 is 5.97 Å². The Morgan fingerprint density at radius 2 is 1.31 bits per heavy atom. The number of likely N-dealkylation sites (tertiary alicyclic amines) is 1. The zero-order valence-electron chi connectivity index (χ0n) is 28.1. The molecule has 3 rings (SSSR count). The number of nitrogens with two attached hydrogens (primary N) is 2. The standard InChI is InChI=1S/C36H52N6O6/c1-24(2)20-30(34(46)39-29(14-9-17-37)36(48)42-18-15-27(16-19-42)23-32(43)44)41-35(47)31(22-26-12-7-4-8-13-26)40-33(45)28(38)21-25-10-5-3-6-11-25/h3-8,10-13,24,27-31H,9,14-23,37-38H2,1-2H3,(H,39,46)(H,40,45)(H,41,47)(H,43,44)/t28-,29-,30-,31-/m1/s1. The summed E-state index contributed by atoms with van der Waals surface area (Å²) in [7, 11) is 0. The third-order valence-electron chi connectivity index (χ3n) is 8.59. The number of carboxylic acids is 1. The zero-order chi connectivity index (χ0) is 35.1. The molecule has 1 aliphatic heterocycles. The molecule has 1 aliphatic rings. The Kier molecular flexibility index (Phi) is 15.5. The van der Waals surface area contributed by atoms with Crippen molar-refractivity contribution in [3.63, 3.8) is 0 Å². The van der Waals surface area contributed by atoms with Crippen molar-refractivity contribution in [2.24, 2.45) is 23.3 Å². The van der Waals surface area contributed by atoms with Crippen LogP contribution in [0.4, 0.5) is 0 Å². The molecule has 4 amide bonds. The van der Waals surface area contributed by atoms with Crippen LogP contribution in [0.15, 0.2) is 60.7 Å². The highest BCUT2D eigenvalue weighted by atomic mass is 16.4. The maximum absolute atomic E-state index is 13.8. The predicted molar refractivity (Wildman–Crippen MR) is 183 cm³/mol. The van der Waals surface area contributed by atoms with E-state index in [0.29, 0.717) is 58.2 Å². The molecule has 262 valence electrons. The van der Waals surface area contributed by atoms with Crippen LogP contribution >= 0.6 is 0 Å². The summed E-state index contributed by atoms with van der Waals surface area (Å²) in [5.41, 5.74) is 13.7. The van der Waals surface area contributed by atoms with Gasteiger partial charge in [0.1, 0.15) is 18.1 Å². The first kappa shape index (κ1) is 38.2. The summed E-state index contributed by atoms with van der Waals surface area (Å²) in [4.78, 5) is 67.2. The van der Waals surface area contributed by atoms with Crippen molar-refractivity contribution in [1.29, 1.82) is 0 Å². The molecular formula is C36H52N6O6. The molecule has 0 unspecified atom stereocenters. The van der Waals surface area contributed by atoms with Crippen molar-refractivity contribution < 1.29 is 29.1 Å². The van der Waals surface area contributed by atoms with Crippen LogP contribution in [-0.4, -0.2) is 83.4 Å². The van der Waals surface area contributed by atoms with Crippen LogP contribution in [0, 0.1) is 11.8 Å². The Labute approximate surface area is 283 Å². The molecule has 12 nitrogen and oxygen atoms in total. The first-order valence-corrected chi connectivity index (χ1v) is 16.9. The van der Waals surface area contributed by atoms with E-state index in [-0.39, 0.29) is 30.6 Å². The maximum Gasteiger partial charge on any atom is 0.303 e. The fraction of sp³-hybridized carbons (Fsp3) is 0.528. The maximum atomic E-state index is 13.8. The molecule has 2 aromatic rings. The van der Waals surface area contributed by atoms with Crippen molar-refractivity contribution in [1.82, 2.24) is 20.9 Å². The first-order valence-electron chi connectivity index (χ1n) is 16.9.